The topological polar surface area (TPSA) is 119 Å². The lowest BCUT2D eigenvalue weighted by Crippen LogP contribution is -2.39. The molecule has 21 heavy (non-hydrogen) atoms. The number of hydrogen-bond acceptors (Lipinski definition) is 5. The summed E-state index contributed by atoms with van der Waals surface area (Å²) in [6.45, 7) is 4.75. The molecule has 0 aliphatic heterocycles. The number of carboxylic acid groups (broad SMARTS) is 1. The molecule has 0 spiro atoms. The number of aromatic nitrogens is 2. The van der Waals surface area contributed by atoms with Gasteiger partial charge in [0.05, 0.1) is 4.92 Å². The zero-order valence-corrected chi connectivity index (χ0v) is 12.4. The number of amides is 1. The van der Waals surface area contributed by atoms with Crippen molar-refractivity contribution < 1.29 is 19.6 Å². The summed E-state index contributed by atoms with van der Waals surface area (Å²) in [5.74, 6) is -1.85. The van der Waals surface area contributed by atoms with Crippen LogP contribution in [0.4, 0.5) is 5.69 Å². The van der Waals surface area contributed by atoms with E-state index in [-0.39, 0.29) is 29.5 Å². The van der Waals surface area contributed by atoms with Crippen LogP contribution in [-0.2, 0) is 11.8 Å². The second-order valence-corrected chi connectivity index (χ2v) is 5.14. The molecule has 0 radical (unpaired) electrons. The highest BCUT2D eigenvalue weighted by Crippen LogP contribution is 2.24. The largest absolute Gasteiger partial charge is 0.480 e. The molecule has 1 aromatic heterocycles. The van der Waals surface area contributed by atoms with E-state index in [1.54, 1.807) is 0 Å². The van der Waals surface area contributed by atoms with Gasteiger partial charge in [0.1, 0.15) is 12.2 Å². The molecule has 116 valence electrons. The van der Waals surface area contributed by atoms with Crippen molar-refractivity contribution in [2.45, 2.75) is 20.8 Å². The highest BCUT2D eigenvalue weighted by molar-refractivity contribution is 5.98. The van der Waals surface area contributed by atoms with Crippen LogP contribution in [0.3, 0.4) is 0 Å². The third-order valence-corrected chi connectivity index (χ3v) is 2.77. The van der Waals surface area contributed by atoms with Gasteiger partial charge in [-0.05, 0) is 12.8 Å². The van der Waals surface area contributed by atoms with Gasteiger partial charge in [-0.25, -0.2) is 0 Å². The van der Waals surface area contributed by atoms with Gasteiger partial charge in [0.2, 0.25) is 5.69 Å². The maximum Gasteiger partial charge on any atom is 0.323 e. The molecule has 0 bridgehead atoms. The first-order valence-corrected chi connectivity index (χ1v) is 6.34. The van der Waals surface area contributed by atoms with E-state index < -0.39 is 23.3 Å². The smallest absolute Gasteiger partial charge is 0.323 e. The van der Waals surface area contributed by atoms with Gasteiger partial charge in [0.15, 0.2) is 0 Å². The van der Waals surface area contributed by atoms with Crippen LogP contribution >= 0.6 is 0 Å². The summed E-state index contributed by atoms with van der Waals surface area (Å²) in [6, 6.07) is 0. The molecular formula is C12H18N4O5. The fourth-order valence-electron chi connectivity index (χ4n) is 2.08. The number of carboxylic acids is 1. The van der Waals surface area contributed by atoms with Gasteiger partial charge < -0.3 is 10.0 Å². The summed E-state index contributed by atoms with van der Waals surface area (Å²) >= 11 is 0. The maximum absolute atomic E-state index is 12.5. The molecule has 0 atom stereocenters. The number of carbonyl (C=O) groups is 2. The zero-order valence-electron chi connectivity index (χ0n) is 12.4. The second-order valence-electron chi connectivity index (χ2n) is 5.14. The molecule has 1 aromatic rings. The maximum atomic E-state index is 12.5. The van der Waals surface area contributed by atoms with Crippen molar-refractivity contribution in [3.8, 4) is 0 Å². The van der Waals surface area contributed by atoms with Crippen LogP contribution in [0.2, 0.25) is 0 Å². The fraction of sp³-hybridized carbons (Fsp3) is 0.583. The molecule has 9 nitrogen and oxygen atoms in total. The van der Waals surface area contributed by atoms with Crippen LogP contribution in [-0.4, -0.2) is 49.7 Å². The van der Waals surface area contributed by atoms with E-state index in [1.165, 1.54) is 14.0 Å². The Morgan fingerprint density at radius 3 is 2.48 bits per heavy atom. The lowest BCUT2D eigenvalue weighted by molar-refractivity contribution is -0.385. The molecule has 9 heteroatoms. The second kappa shape index (κ2) is 6.33. The molecule has 1 amide bonds. The Balaban J connectivity index is 3.26. The van der Waals surface area contributed by atoms with E-state index in [0.29, 0.717) is 0 Å². The molecule has 0 saturated heterocycles. The number of aryl methyl sites for hydroxylation is 2. The van der Waals surface area contributed by atoms with Gasteiger partial charge >= 0.3 is 11.7 Å². The highest BCUT2D eigenvalue weighted by atomic mass is 16.6. The number of nitro groups is 1. The molecule has 0 aromatic carbocycles. The van der Waals surface area contributed by atoms with Crippen LogP contribution in [0.5, 0.6) is 0 Å². The van der Waals surface area contributed by atoms with Gasteiger partial charge in [-0.15, -0.1) is 0 Å². The standard InChI is InChI=1S/C12H18N4O5/c1-7(2)5-15(6-9(17)18)12(19)11-10(16(20)21)8(3)13-14(11)4/h7H,5-6H2,1-4H3,(H,17,18). The minimum Gasteiger partial charge on any atom is -0.480 e. The number of hydrogen-bond donors (Lipinski definition) is 1. The van der Waals surface area contributed by atoms with Crippen molar-refractivity contribution in [1.82, 2.24) is 14.7 Å². The van der Waals surface area contributed by atoms with E-state index in [9.17, 15) is 19.7 Å². The third-order valence-electron chi connectivity index (χ3n) is 2.77. The Labute approximate surface area is 121 Å². The van der Waals surface area contributed by atoms with Crippen LogP contribution in [0.1, 0.15) is 30.0 Å². The van der Waals surface area contributed by atoms with Gasteiger partial charge in [-0.3, -0.25) is 24.4 Å². The lowest BCUT2D eigenvalue weighted by Gasteiger charge is -2.22. The monoisotopic (exact) mass is 298 g/mol. The first kappa shape index (κ1) is 16.6. The number of aliphatic carboxylic acids is 1. The fourth-order valence-corrected chi connectivity index (χ4v) is 2.08. The first-order valence-electron chi connectivity index (χ1n) is 6.34. The number of carbonyl (C=O) groups excluding carboxylic acids is 1. The lowest BCUT2D eigenvalue weighted by atomic mass is 10.2. The number of nitrogens with zero attached hydrogens (tertiary/aromatic N) is 4. The summed E-state index contributed by atoms with van der Waals surface area (Å²) in [5, 5.41) is 23.9. The van der Waals surface area contributed by atoms with Gasteiger partial charge in [-0.2, -0.15) is 5.10 Å². The summed E-state index contributed by atoms with van der Waals surface area (Å²) < 4.78 is 1.12. The third kappa shape index (κ3) is 3.77. The first-order chi connectivity index (χ1) is 9.65. The Morgan fingerprint density at radius 2 is 2.05 bits per heavy atom. The number of rotatable bonds is 6. The molecule has 0 aliphatic rings. The van der Waals surface area contributed by atoms with E-state index in [1.807, 2.05) is 13.8 Å². The predicted molar refractivity (Wildman–Crippen MR) is 73.0 cm³/mol. The summed E-state index contributed by atoms with van der Waals surface area (Å²) in [7, 11) is 1.42. The van der Waals surface area contributed by atoms with Crippen LogP contribution in [0.25, 0.3) is 0 Å². The quantitative estimate of drug-likeness (QED) is 0.613. The molecule has 1 N–H and O–H groups in total. The molecule has 1 rings (SSSR count). The average Bonchev–Trinajstić information content (AvgIpc) is 2.61. The average molecular weight is 298 g/mol. The van der Waals surface area contributed by atoms with Crippen molar-refractivity contribution >= 4 is 17.6 Å². The SMILES string of the molecule is Cc1nn(C)c(C(=O)N(CC(=O)O)CC(C)C)c1[N+](=O)[O-]. The Bertz CT molecular complexity index is 578. The van der Waals surface area contributed by atoms with E-state index in [2.05, 4.69) is 5.10 Å². The van der Waals surface area contributed by atoms with Gasteiger partial charge in [-0.1, -0.05) is 13.8 Å². The summed E-state index contributed by atoms with van der Waals surface area (Å²) in [5.41, 5.74) is -0.480. The normalized spacial score (nSPS) is 10.7. The van der Waals surface area contributed by atoms with Crippen molar-refractivity contribution in [3.05, 3.63) is 21.5 Å². The van der Waals surface area contributed by atoms with Gasteiger partial charge in [0.25, 0.3) is 5.91 Å². The van der Waals surface area contributed by atoms with Crippen molar-refractivity contribution in [2.75, 3.05) is 13.1 Å². The zero-order chi connectivity index (χ0) is 16.3. The minimum atomic E-state index is -1.18. The molecule has 0 unspecified atom stereocenters. The Hall–Kier alpha value is -2.45. The van der Waals surface area contributed by atoms with E-state index in [4.69, 9.17) is 5.11 Å². The summed E-state index contributed by atoms with van der Waals surface area (Å²) in [6.07, 6.45) is 0. The molecular weight excluding hydrogens is 280 g/mol. The highest BCUT2D eigenvalue weighted by Gasteiger charge is 2.33. The van der Waals surface area contributed by atoms with Crippen molar-refractivity contribution in [3.63, 3.8) is 0 Å². The molecule has 1 heterocycles. The van der Waals surface area contributed by atoms with Gasteiger partial charge in [0, 0.05) is 13.6 Å². The van der Waals surface area contributed by atoms with E-state index in [0.717, 1.165) is 9.58 Å². The summed E-state index contributed by atoms with van der Waals surface area (Å²) in [4.78, 5) is 34.9. The van der Waals surface area contributed by atoms with Crippen LogP contribution in [0.15, 0.2) is 0 Å². The molecule has 0 saturated carbocycles. The molecule has 0 fully saturated rings. The molecule has 0 aliphatic carbocycles. The Morgan fingerprint density at radius 1 is 1.48 bits per heavy atom. The van der Waals surface area contributed by atoms with E-state index >= 15 is 0 Å². The van der Waals surface area contributed by atoms with Crippen molar-refractivity contribution in [1.29, 1.82) is 0 Å². The van der Waals surface area contributed by atoms with Crippen molar-refractivity contribution in [2.24, 2.45) is 13.0 Å². The van der Waals surface area contributed by atoms with Crippen LogP contribution < -0.4 is 0 Å². The minimum absolute atomic E-state index is 0.0293. The van der Waals surface area contributed by atoms with Crippen LogP contribution in [0, 0.1) is 23.0 Å². The Kier molecular flexibility index (Phi) is 5.01. The predicted octanol–water partition coefficient (Wildman–Crippen LogP) is 0.820.